The van der Waals surface area contributed by atoms with Gasteiger partial charge in [0.25, 0.3) is 0 Å². The number of nitrogens with zero attached hydrogens (tertiary/aromatic N) is 7. The molecule has 1 fully saturated rings. The maximum Gasteiger partial charge on any atom is 0.168 e. The molecule has 1 aliphatic rings. The van der Waals surface area contributed by atoms with Crippen LogP contribution in [0.25, 0.3) is 0 Å². The first-order valence-electron chi connectivity index (χ1n) is 11.3. The summed E-state index contributed by atoms with van der Waals surface area (Å²) in [7, 11) is 0. The summed E-state index contributed by atoms with van der Waals surface area (Å²) in [6.45, 7) is 6.47. The number of aromatic nitrogens is 5. The van der Waals surface area contributed by atoms with Crippen LogP contribution in [0.1, 0.15) is 43.6 Å². The van der Waals surface area contributed by atoms with Crippen molar-refractivity contribution >= 4 is 28.9 Å². The van der Waals surface area contributed by atoms with E-state index in [2.05, 4.69) is 67.6 Å². The van der Waals surface area contributed by atoms with Crippen molar-refractivity contribution in [2.24, 2.45) is 0 Å². The van der Waals surface area contributed by atoms with E-state index >= 15 is 0 Å². The van der Waals surface area contributed by atoms with Gasteiger partial charge in [-0.15, -0.1) is 5.10 Å². The van der Waals surface area contributed by atoms with E-state index in [1.807, 2.05) is 4.68 Å². The van der Waals surface area contributed by atoms with Crippen LogP contribution in [0.4, 0.5) is 5.69 Å². The van der Waals surface area contributed by atoms with Gasteiger partial charge in [-0.05, 0) is 35.3 Å². The Bertz CT molecular complexity index is 967. The molecule has 1 unspecified atom stereocenters. The van der Waals surface area contributed by atoms with Gasteiger partial charge in [-0.3, -0.25) is 9.88 Å². The Labute approximate surface area is 199 Å². The van der Waals surface area contributed by atoms with Crippen molar-refractivity contribution in [2.75, 3.05) is 31.1 Å². The highest BCUT2D eigenvalue weighted by Gasteiger charge is 2.30. The molecule has 0 saturated carbocycles. The average Bonchev–Trinajstić information content (AvgIpc) is 3.27. The molecule has 0 amide bonds. The maximum absolute atomic E-state index is 6.40. The molecule has 2 aromatic heterocycles. The number of anilines is 1. The molecule has 3 aromatic rings. The Hall–Kier alpha value is -2.22. The molecule has 32 heavy (non-hydrogen) atoms. The van der Waals surface area contributed by atoms with E-state index < -0.39 is 0 Å². The normalized spacial score (nSPS) is 15.8. The monoisotopic (exact) mass is 473 g/mol. The Kier molecular flexibility index (Phi) is 7.95. The van der Waals surface area contributed by atoms with Crippen molar-refractivity contribution in [3.8, 4) is 0 Å². The largest absolute Gasteiger partial charge is 0.366 e. The van der Waals surface area contributed by atoms with Crippen molar-refractivity contribution in [1.82, 2.24) is 30.1 Å². The summed E-state index contributed by atoms with van der Waals surface area (Å²) in [6.07, 6.45) is 7.43. The molecule has 7 nitrogen and oxygen atoms in total. The molecular weight excluding hydrogens is 445 g/mol. The Morgan fingerprint density at radius 1 is 1.00 bits per heavy atom. The SMILES string of the molecule is CCCCn1nnnc1C(CCc1ccccc1)N1CCN(c2c(Cl)cncc2Cl)CC1. The van der Waals surface area contributed by atoms with Crippen LogP contribution < -0.4 is 4.90 Å². The first-order valence-corrected chi connectivity index (χ1v) is 12.0. The third-order valence-corrected chi connectivity index (χ3v) is 6.58. The molecule has 3 heterocycles. The number of unbranched alkanes of at least 4 members (excludes halogenated alkanes) is 1. The fourth-order valence-corrected chi connectivity index (χ4v) is 4.91. The summed E-state index contributed by atoms with van der Waals surface area (Å²) in [4.78, 5) is 8.82. The number of piperazine rings is 1. The first-order chi connectivity index (χ1) is 15.7. The van der Waals surface area contributed by atoms with E-state index in [1.165, 1.54) is 5.56 Å². The Morgan fingerprint density at radius 2 is 1.72 bits per heavy atom. The minimum atomic E-state index is 0.160. The van der Waals surface area contributed by atoms with Gasteiger partial charge in [-0.1, -0.05) is 66.9 Å². The smallest absolute Gasteiger partial charge is 0.168 e. The van der Waals surface area contributed by atoms with Crippen molar-refractivity contribution in [1.29, 1.82) is 0 Å². The van der Waals surface area contributed by atoms with E-state index in [9.17, 15) is 0 Å². The lowest BCUT2D eigenvalue weighted by Gasteiger charge is -2.40. The van der Waals surface area contributed by atoms with Gasteiger partial charge < -0.3 is 4.90 Å². The Balaban J connectivity index is 1.51. The fraction of sp³-hybridized carbons (Fsp3) is 0.478. The molecule has 4 rings (SSSR count). The zero-order chi connectivity index (χ0) is 22.3. The van der Waals surface area contributed by atoms with Crippen molar-refractivity contribution in [3.05, 3.63) is 64.2 Å². The van der Waals surface area contributed by atoms with Crippen molar-refractivity contribution in [2.45, 2.75) is 45.2 Å². The van der Waals surface area contributed by atoms with E-state index in [0.29, 0.717) is 10.0 Å². The molecule has 0 spiro atoms. The molecule has 0 radical (unpaired) electrons. The van der Waals surface area contributed by atoms with Gasteiger partial charge in [0.05, 0.1) is 21.8 Å². The third kappa shape index (κ3) is 5.39. The Morgan fingerprint density at radius 3 is 2.41 bits per heavy atom. The zero-order valence-electron chi connectivity index (χ0n) is 18.4. The molecule has 0 N–H and O–H groups in total. The summed E-state index contributed by atoms with van der Waals surface area (Å²) >= 11 is 12.8. The van der Waals surface area contributed by atoms with E-state index in [1.54, 1.807) is 12.4 Å². The van der Waals surface area contributed by atoms with Gasteiger partial charge in [0.1, 0.15) is 0 Å². The highest BCUT2D eigenvalue weighted by Crippen LogP contribution is 2.34. The van der Waals surface area contributed by atoms with Gasteiger partial charge in [0.2, 0.25) is 0 Å². The predicted octanol–water partition coefficient (Wildman–Crippen LogP) is 4.67. The minimum Gasteiger partial charge on any atom is -0.366 e. The number of tetrazole rings is 1. The molecular formula is C23H29Cl2N7. The third-order valence-electron chi connectivity index (χ3n) is 6.03. The van der Waals surface area contributed by atoms with E-state index in [4.69, 9.17) is 23.2 Å². The van der Waals surface area contributed by atoms with Crippen LogP contribution in [0.5, 0.6) is 0 Å². The number of halogens is 2. The fourth-order valence-electron chi connectivity index (χ4n) is 4.30. The minimum absolute atomic E-state index is 0.160. The number of hydrogen-bond acceptors (Lipinski definition) is 6. The van der Waals surface area contributed by atoms with Crippen LogP contribution >= 0.6 is 23.2 Å². The topological polar surface area (TPSA) is 63.0 Å². The second-order valence-electron chi connectivity index (χ2n) is 8.13. The lowest BCUT2D eigenvalue weighted by molar-refractivity contribution is 0.164. The molecule has 170 valence electrons. The van der Waals surface area contributed by atoms with Crippen LogP contribution in [0.15, 0.2) is 42.7 Å². The number of aryl methyl sites for hydroxylation is 2. The first kappa shape index (κ1) is 23.0. The van der Waals surface area contributed by atoms with E-state index in [-0.39, 0.29) is 6.04 Å². The standard InChI is InChI=1S/C23H29Cl2N7/c1-2-3-11-32-23(27-28-29-32)21(10-9-18-7-5-4-6-8-18)30-12-14-31(15-13-30)22-19(24)16-26-17-20(22)25/h4-8,16-17,21H,2-3,9-15H2,1H3. The molecule has 1 aliphatic heterocycles. The maximum atomic E-state index is 6.40. The molecule has 1 saturated heterocycles. The van der Waals surface area contributed by atoms with Crippen LogP contribution in [-0.2, 0) is 13.0 Å². The highest BCUT2D eigenvalue weighted by molar-refractivity contribution is 6.38. The van der Waals surface area contributed by atoms with Gasteiger partial charge in [-0.2, -0.15) is 0 Å². The van der Waals surface area contributed by atoms with Crippen LogP contribution in [0.3, 0.4) is 0 Å². The highest BCUT2D eigenvalue weighted by atomic mass is 35.5. The lowest BCUT2D eigenvalue weighted by atomic mass is 10.0. The number of rotatable bonds is 9. The summed E-state index contributed by atoms with van der Waals surface area (Å²) < 4.78 is 1.99. The molecule has 9 heteroatoms. The zero-order valence-corrected chi connectivity index (χ0v) is 19.9. The second kappa shape index (κ2) is 11.1. The van der Waals surface area contributed by atoms with Gasteiger partial charge in [0.15, 0.2) is 5.82 Å². The van der Waals surface area contributed by atoms with Crippen LogP contribution in [0.2, 0.25) is 10.0 Å². The number of pyridine rings is 1. The molecule has 0 aliphatic carbocycles. The van der Waals surface area contributed by atoms with Gasteiger partial charge >= 0.3 is 0 Å². The lowest BCUT2D eigenvalue weighted by Crippen LogP contribution is -2.48. The van der Waals surface area contributed by atoms with Gasteiger partial charge in [0, 0.05) is 45.1 Å². The van der Waals surface area contributed by atoms with Crippen LogP contribution in [-0.4, -0.2) is 56.3 Å². The van der Waals surface area contributed by atoms with Crippen molar-refractivity contribution < 1.29 is 0 Å². The summed E-state index contributed by atoms with van der Waals surface area (Å²) in [6, 6.07) is 10.8. The quantitative estimate of drug-likeness (QED) is 0.449. The van der Waals surface area contributed by atoms with E-state index in [0.717, 1.165) is 69.9 Å². The number of benzene rings is 1. The molecule has 0 bridgehead atoms. The average molecular weight is 474 g/mol. The number of hydrogen-bond donors (Lipinski definition) is 0. The summed E-state index contributed by atoms with van der Waals surface area (Å²) in [5.74, 6) is 0.961. The second-order valence-corrected chi connectivity index (χ2v) is 8.94. The summed E-state index contributed by atoms with van der Waals surface area (Å²) in [5.41, 5.74) is 2.20. The molecule has 1 aromatic carbocycles. The van der Waals surface area contributed by atoms with Crippen molar-refractivity contribution in [3.63, 3.8) is 0 Å². The summed E-state index contributed by atoms with van der Waals surface area (Å²) in [5, 5.41) is 13.9. The predicted molar refractivity (Wildman–Crippen MR) is 128 cm³/mol. The van der Waals surface area contributed by atoms with Gasteiger partial charge in [-0.25, -0.2) is 4.68 Å². The van der Waals surface area contributed by atoms with Crippen LogP contribution in [0, 0.1) is 0 Å². The molecule has 1 atom stereocenters.